The zero-order valence-corrected chi connectivity index (χ0v) is 19.4. The van der Waals surface area contributed by atoms with Gasteiger partial charge in [0.2, 0.25) is 6.79 Å². The van der Waals surface area contributed by atoms with Gasteiger partial charge in [-0.15, -0.1) is 0 Å². The summed E-state index contributed by atoms with van der Waals surface area (Å²) in [5.74, 6) is 1.32. The van der Waals surface area contributed by atoms with Gasteiger partial charge in [-0.1, -0.05) is 26.2 Å². The van der Waals surface area contributed by atoms with Gasteiger partial charge in [-0.3, -0.25) is 9.69 Å². The third-order valence-corrected chi connectivity index (χ3v) is 7.33. The molecule has 1 aromatic heterocycles. The van der Waals surface area contributed by atoms with Crippen LogP contribution >= 0.6 is 0 Å². The highest BCUT2D eigenvalue weighted by Crippen LogP contribution is 2.35. The number of amides is 2. The van der Waals surface area contributed by atoms with Gasteiger partial charge in [0.05, 0.1) is 12.1 Å². The first kappa shape index (κ1) is 22.1. The molecule has 178 valence electrons. The molecule has 0 spiro atoms. The van der Waals surface area contributed by atoms with Gasteiger partial charge in [-0.2, -0.15) is 0 Å². The summed E-state index contributed by atoms with van der Waals surface area (Å²) in [7, 11) is 0. The summed E-state index contributed by atoms with van der Waals surface area (Å²) in [6, 6.07) is 6.07. The zero-order valence-electron chi connectivity index (χ0n) is 19.4. The fraction of sp³-hybridized carbons (Fsp3) is 0.600. The van der Waals surface area contributed by atoms with E-state index in [0.717, 1.165) is 57.0 Å². The highest BCUT2D eigenvalue weighted by atomic mass is 16.7. The number of likely N-dealkylation sites (tertiary alicyclic amines) is 1. The topological polar surface area (TPSA) is 86.9 Å². The van der Waals surface area contributed by atoms with E-state index in [1.807, 2.05) is 17.0 Å². The van der Waals surface area contributed by atoms with Gasteiger partial charge < -0.3 is 24.7 Å². The molecule has 1 unspecified atom stereocenters. The molecule has 3 heterocycles. The normalized spacial score (nSPS) is 20.9. The minimum absolute atomic E-state index is 0.0602. The Kier molecular flexibility index (Phi) is 6.44. The van der Waals surface area contributed by atoms with Crippen molar-refractivity contribution < 1.29 is 14.3 Å². The highest BCUT2D eigenvalue weighted by Gasteiger charge is 2.29. The van der Waals surface area contributed by atoms with Crippen molar-refractivity contribution in [3.8, 4) is 11.5 Å². The predicted octanol–water partition coefficient (Wildman–Crippen LogP) is 3.59. The Morgan fingerprint density at radius 3 is 2.70 bits per heavy atom. The number of likely N-dealkylation sites (N-methyl/N-ethyl adjacent to an activating group) is 1. The predicted molar refractivity (Wildman–Crippen MR) is 127 cm³/mol. The van der Waals surface area contributed by atoms with Gasteiger partial charge in [0.15, 0.2) is 11.5 Å². The molecule has 2 amide bonds. The lowest BCUT2D eigenvalue weighted by atomic mass is 9.96. The SMILES string of the molecule is CCN1CCCC1CN(Cc1cc2cc3c(cc2[nH]c1=O)OCO3)C(=O)NC1CCCCC1. The Morgan fingerprint density at radius 2 is 1.91 bits per heavy atom. The average Bonchev–Trinajstić information content (AvgIpc) is 3.46. The number of carbonyl (C=O) groups excluding carboxylic acids is 1. The molecule has 2 fully saturated rings. The minimum Gasteiger partial charge on any atom is -0.454 e. The molecule has 1 atom stereocenters. The van der Waals surface area contributed by atoms with Crippen LogP contribution in [0.15, 0.2) is 23.0 Å². The van der Waals surface area contributed by atoms with Gasteiger partial charge in [-0.05, 0) is 50.9 Å². The maximum atomic E-state index is 13.4. The maximum Gasteiger partial charge on any atom is 0.317 e. The Hall–Kier alpha value is -2.74. The summed E-state index contributed by atoms with van der Waals surface area (Å²) in [4.78, 5) is 33.6. The van der Waals surface area contributed by atoms with Crippen LogP contribution in [-0.4, -0.2) is 59.3 Å². The van der Waals surface area contributed by atoms with Crippen LogP contribution in [0.3, 0.4) is 0 Å². The molecule has 0 radical (unpaired) electrons. The van der Waals surface area contributed by atoms with E-state index < -0.39 is 0 Å². The summed E-state index contributed by atoms with van der Waals surface area (Å²) < 4.78 is 10.9. The number of aromatic nitrogens is 1. The minimum atomic E-state index is -0.171. The second kappa shape index (κ2) is 9.63. The van der Waals surface area contributed by atoms with Gasteiger partial charge in [0, 0.05) is 35.6 Å². The van der Waals surface area contributed by atoms with Crippen molar-refractivity contribution >= 4 is 16.9 Å². The lowest BCUT2D eigenvalue weighted by molar-refractivity contribution is 0.159. The third kappa shape index (κ3) is 4.81. The van der Waals surface area contributed by atoms with Crippen molar-refractivity contribution in [1.29, 1.82) is 0 Å². The van der Waals surface area contributed by atoms with Crippen LogP contribution < -0.4 is 20.3 Å². The van der Waals surface area contributed by atoms with Crippen molar-refractivity contribution in [2.45, 2.75) is 70.5 Å². The Bertz CT molecular complexity index is 1060. The second-order valence-corrected chi connectivity index (χ2v) is 9.51. The lowest BCUT2D eigenvalue weighted by Crippen LogP contribution is -2.50. The molecule has 1 saturated carbocycles. The van der Waals surface area contributed by atoms with Gasteiger partial charge >= 0.3 is 6.03 Å². The lowest BCUT2D eigenvalue weighted by Gasteiger charge is -2.32. The van der Waals surface area contributed by atoms with Crippen molar-refractivity contribution in [3.05, 3.63) is 34.1 Å². The zero-order chi connectivity index (χ0) is 22.8. The van der Waals surface area contributed by atoms with E-state index in [1.54, 1.807) is 6.07 Å². The number of benzene rings is 1. The van der Waals surface area contributed by atoms with E-state index in [0.29, 0.717) is 35.2 Å². The van der Waals surface area contributed by atoms with Crippen LogP contribution in [0.25, 0.3) is 10.9 Å². The molecule has 8 heteroatoms. The summed E-state index contributed by atoms with van der Waals surface area (Å²) in [6.07, 6.45) is 7.88. The smallest absolute Gasteiger partial charge is 0.317 e. The van der Waals surface area contributed by atoms with Crippen molar-refractivity contribution in [2.24, 2.45) is 0 Å². The number of urea groups is 1. The third-order valence-electron chi connectivity index (χ3n) is 7.33. The summed E-state index contributed by atoms with van der Waals surface area (Å²) in [6.45, 7) is 5.32. The molecule has 8 nitrogen and oxygen atoms in total. The van der Waals surface area contributed by atoms with Crippen LogP contribution in [0, 0.1) is 0 Å². The second-order valence-electron chi connectivity index (χ2n) is 9.51. The van der Waals surface area contributed by atoms with E-state index in [2.05, 4.69) is 22.1 Å². The quantitative estimate of drug-likeness (QED) is 0.697. The maximum absolute atomic E-state index is 13.4. The number of carbonyl (C=O) groups is 1. The number of pyridine rings is 1. The van der Waals surface area contributed by atoms with Crippen molar-refractivity contribution in [3.63, 3.8) is 0 Å². The molecule has 0 bridgehead atoms. The number of fused-ring (bicyclic) bond motifs is 2. The van der Waals surface area contributed by atoms with Crippen molar-refractivity contribution in [1.82, 2.24) is 20.1 Å². The van der Waals surface area contributed by atoms with Gasteiger partial charge in [0.25, 0.3) is 5.56 Å². The number of hydrogen-bond donors (Lipinski definition) is 2. The van der Waals surface area contributed by atoms with E-state index in [4.69, 9.17) is 9.47 Å². The van der Waals surface area contributed by atoms with Crippen LogP contribution in [0.1, 0.15) is 57.4 Å². The number of nitrogens with one attached hydrogen (secondary N) is 2. The number of hydrogen-bond acceptors (Lipinski definition) is 5. The number of nitrogens with zero attached hydrogens (tertiary/aromatic N) is 2. The van der Waals surface area contributed by atoms with Crippen molar-refractivity contribution in [2.75, 3.05) is 26.4 Å². The molecule has 5 rings (SSSR count). The fourth-order valence-electron chi connectivity index (χ4n) is 5.47. The molecule has 2 aliphatic heterocycles. The largest absolute Gasteiger partial charge is 0.454 e. The Labute approximate surface area is 194 Å². The highest BCUT2D eigenvalue weighted by molar-refractivity contribution is 5.83. The van der Waals surface area contributed by atoms with Gasteiger partial charge in [0.1, 0.15) is 0 Å². The number of aromatic amines is 1. The monoisotopic (exact) mass is 454 g/mol. The van der Waals surface area contributed by atoms with Crippen LogP contribution in [0.4, 0.5) is 4.79 Å². The first-order valence-electron chi connectivity index (χ1n) is 12.4. The fourth-order valence-corrected chi connectivity index (χ4v) is 5.47. The summed E-state index contributed by atoms with van der Waals surface area (Å²) in [5, 5.41) is 4.13. The van der Waals surface area contributed by atoms with E-state index in [-0.39, 0.29) is 31.0 Å². The number of ether oxygens (including phenoxy) is 2. The van der Waals surface area contributed by atoms with E-state index >= 15 is 0 Å². The van der Waals surface area contributed by atoms with E-state index in [1.165, 1.54) is 6.42 Å². The van der Waals surface area contributed by atoms with Crippen LogP contribution in [0.5, 0.6) is 11.5 Å². The first-order valence-corrected chi connectivity index (χ1v) is 12.4. The Morgan fingerprint density at radius 1 is 1.12 bits per heavy atom. The molecule has 3 aliphatic rings. The standard InChI is InChI=1S/C25H34N4O4/c1-2-28-10-6-9-20(28)15-29(25(31)26-19-7-4-3-5-8-19)14-18-11-17-12-22-23(33-16-32-22)13-21(17)27-24(18)30/h11-13,19-20H,2-10,14-16H2,1H3,(H,26,31)(H,27,30). The molecule has 1 aliphatic carbocycles. The van der Waals surface area contributed by atoms with Crippen LogP contribution in [0.2, 0.25) is 0 Å². The average molecular weight is 455 g/mol. The van der Waals surface area contributed by atoms with Gasteiger partial charge in [-0.25, -0.2) is 4.79 Å². The molecular formula is C25H34N4O4. The van der Waals surface area contributed by atoms with E-state index in [9.17, 15) is 9.59 Å². The molecule has 2 aromatic rings. The first-order chi connectivity index (χ1) is 16.1. The summed E-state index contributed by atoms with van der Waals surface area (Å²) >= 11 is 0. The Balaban J connectivity index is 1.39. The molecular weight excluding hydrogens is 420 g/mol. The summed E-state index contributed by atoms with van der Waals surface area (Å²) in [5.41, 5.74) is 1.12. The molecule has 33 heavy (non-hydrogen) atoms. The van der Waals surface area contributed by atoms with Crippen LogP contribution in [-0.2, 0) is 6.54 Å². The number of rotatable bonds is 6. The molecule has 1 saturated heterocycles. The molecule has 1 aromatic carbocycles. The number of H-pyrrole nitrogens is 1. The molecule has 2 N–H and O–H groups in total.